The van der Waals surface area contributed by atoms with E-state index < -0.39 is 5.91 Å². The maximum absolute atomic E-state index is 12.3. The number of carbonyl (C=O) groups is 1. The van der Waals surface area contributed by atoms with Gasteiger partial charge in [-0.05, 0) is 24.6 Å². The molecule has 1 fully saturated rings. The van der Waals surface area contributed by atoms with E-state index >= 15 is 0 Å². The molecule has 1 amide bonds. The van der Waals surface area contributed by atoms with Gasteiger partial charge in [0.05, 0.1) is 30.5 Å². The summed E-state index contributed by atoms with van der Waals surface area (Å²) in [6, 6.07) is 16.5. The van der Waals surface area contributed by atoms with Gasteiger partial charge in [0, 0.05) is 13.1 Å². The molecule has 2 aromatic rings. The predicted octanol–water partition coefficient (Wildman–Crippen LogP) is 2.57. The Hall–Kier alpha value is -2.70. The first kappa shape index (κ1) is 18.1. The molecule has 0 radical (unpaired) electrons. The molecule has 0 bridgehead atoms. The zero-order valence-corrected chi connectivity index (χ0v) is 14.8. The molecule has 1 atom stereocenters. The summed E-state index contributed by atoms with van der Waals surface area (Å²) in [5.41, 5.74) is 4.66. The molecule has 26 heavy (non-hydrogen) atoms. The van der Waals surface area contributed by atoms with Gasteiger partial charge in [-0.1, -0.05) is 42.5 Å². The summed E-state index contributed by atoms with van der Waals surface area (Å²) in [6.07, 6.45) is 0. The highest BCUT2D eigenvalue weighted by molar-refractivity contribution is 5.98. The van der Waals surface area contributed by atoms with E-state index in [1.54, 1.807) is 18.2 Å². The maximum Gasteiger partial charge on any atom is 0.275 e. The summed E-state index contributed by atoms with van der Waals surface area (Å²) in [5, 5.41) is 14.1. The van der Waals surface area contributed by atoms with Crippen LogP contribution in [0.5, 0.6) is 5.75 Å². The minimum Gasteiger partial charge on any atom is -0.507 e. The van der Waals surface area contributed by atoms with Gasteiger partial charge in [-0.3, -0.25) is 9.69 Å². The highest BCUT2D eigenvalue weighted by Gasteiger charge is 2.25. The van der Waals surface area contributed by atoms with Crippen molar-refractivity contribution in [2.24, 2.45) is 5.10 Å². The molecular formula is C20H23N3O3. The van der Waals surface area contributed by atoms with Crippen molar-refractivity contribution in [2.75, 3.05) is 26.3 Å². The van der Waals surface area contributed by atoms with Crippen molar-refractivity contribution in [3.8, 4) is 5.75 Å². The van der Waals surface area contributed by atoms with Gasteiger partial charge >= 0.3 is 0 Å². The zero-order chi connectivity index (χ0) is 18.4. The number of phenolic OH excluding ortho intramolecular Hbond substituents is 1. The fourth-order valence-corrected chi connectivity index (χ4v) is 3.11. The van der Waals surface area contributed by atoms with Crippen LogP contribution in [-0.2, 0) is 4.74 Å². The second-order valence-corrected chi connectivity index (χ2v) is 6.17. The van der Waals surface area contributed by atoms with Gasteiger partial charge in [0.2, 0.25) is 0 Å². The molecule has 1 heterocycles. The molecule has 0 saturated carbocycles. The Kier molecular flexibility index (Phi) is 5.99. The molecular weight excluding hydrogens is 330 g/mol. The van der Waals surface area contributed by atoms with Crippen LogP contribution in [0.25, 0.3) is 0 Å². The van der Waals surface area contributed by atoms with Crippen molar-refractivity contribution in [3.05, 3.63) is 65.7 Å². The Bertz CT molecular complexity index is 771. The largest absolute Gasteiger partial charge is 0.507 e. The lowest BCUT2D eigenvalue weighted by Crippen LogP contribution is -2.42. The van der Waals surface area contributed by atoms with Crippen LogP contribution >= 0.6 is 0 Å². The van der Waals surface area contributed by atoms with Crippen molar-refractivity contribution in [2.45, 2.75) is 13.0 Å². The summed E-state index contributed by atoms with van der Waals surface area (Å²) in [6.45, 7) is 4.87. The van der Waals surface area contributed by atoms with Gasteiger partial charge in [0.25, 0.3) is 5.91 Å². The molecule has 0 unspecified atom stereocenters. The number of nitrogens with zero attached hydrogens (tertiary/aromatic N) is 2. The van der Waals surface area contributed by atoms with Crippen LogP contribution < -0.4 is 5.43 Å². The number of carbonyl (C=O) groups excluding carboxylic acids is 1. The van der Waals surface area contributed by atoms with E-state index in [0.717, 1.165) is 24.4 Å². The number of aromatic hydroxyl groups is 1. The van der Waals surface area contributed by atoms with E-state index in [2.05, 4.69) is 27.6 Å². The molecule has 2 aromatic carbocycles. The molecule has 3 rings (SSSR count). The average molecular weight is 353 g/mol. The van der Waals surface area contributed by atoms with Gasteiger partial charge in [-0.2, -0.15) is 5.10 Å². The third-order valence-electron chi connectivity index (χ3n) is 4.40. The fourth-order valence-electron chi connectivity index (χ4n) is 3.11. The Morgan fingerprint density at radius 1 is 1.12 bits per heavy atom. The Morgan fingerprint density at radius 3 is 2.46 bits per heavy atom. The van der Waals surface area contributed by atoms with Gasteiger partial charge in [0.15, 0.2) is 0 Å². The van der Waals surface area contributed by atoms with E-state index in [9.17, 15) is 9.90 Å². The van der Waals surface area contributed by atoms with Crippen molar-refractivity contribution >= 4 is 11.6 Å². The number of nitrogens with one attached hydrogen (secondary N) is 1. The Labute approximate surface area is 153 Å². The van der Waals surface area contributed by atoms with E-state index in [1.807, 2.05) is 25.1 Å². The summed E-state index contributed by atoms with van der Waals surface area (Å²) in [4.78, 5) is 14.6. The van der Waals surface area contributed by atoms with Crippen molar-refractivity contribution in [3.63, 3.8) is 0 Å². The molecule has 6 nitrogen and oxygen atoms in total. The molecule has 1 saturated heterocycles. The Morgan fingerprint density at radius 2 is 1.77 bits per heavy atom. The Balaban J connectivity index is 1.80. The average Bonchev–Trinajstić information content (AvgIpc) is 2.68. The smallest absolute Gasteiger partial charge is 0.275 e. The molecule has 0 aliphatic carbocycles. The first-order chi connectivity index (χ1) is 12.7. The monoisotopic (exact) mass is 353 g/mol. The molecule has 1 aliphatic rings. The van der Waals surface area contributed by atoms with Crippen LogP contribution in [0.3, 0.4) is 0 Å². The third-order valence-corrected chi connectivity index (χ3v) is 4.40. The number of ether oxygens (including phenoxy) is 1. The predicted molar refractivity (Wildman–Crippen MR) is 100 cm³/mol. The minimum atomic E-state index is -0.434. The van der Waals surface area contributed by atoms with E-state index in [0.29, 0.717) is 13.2 Å². The highest BCUT2D eigenvalue weighted by atomic mass is 16.5. The summed E-state index contributed by atoms with van der Waals surface area (Å²) in [5.74, 6) is -0.498. The number of hydrogen-bond acceptors (Lipinski definition) is 5. The number of benzene rings is 2. The maximum atomic E-state index is 12.3. The van der Waals surface area contributed by atoms with E-state index in [-0.39, 0.29) is 17.4 Å². The van der Waals surface area contributed by atoms with Crippen molar-refractivity contribution in [1.29, 1.82) is 0 Å². The zero-order valence-electron chi connectivity index (χ0n) is 14.8. The van der Waals surface area contributed by atoms with Crippen LogP contribution in [0.2, 0.25) is 0 Å². The lowest BCUT2D eigenvalue weighted by molar-refractivity contribution is 0.0285. The fraction of sp³-hybridized carbons (Fsp3) is 0.300. The van der Waals surface area contributed by atoms with Gasteiger partial charge in [0.1, 0.15) is 5.75 Å². The lowest BCUT2D eigenvalue weighted by atomic mass is 10.0. The highest BCUT2D eigenvalue weighted by Crippen LogP contribution is 2.23. The SMILES string of the molecule is C/C(=N/NC(=O)c1ccccc1O)[C@H](c1ccccc1)N1CCOCC1. The van der Waals surface area contributed by atoms with E-state index in [4.69, 9.17) is 4.74 Å². The molecule has 0 aromatic heterocycles. The number of phenols is 1. The molecule has 2 N–H and O–H groups in total. The molecule has 1 aliphatic heterocycles. The summed E-state index contributed by atoms with van der Waals surface area (Å²) in [7, 11) is 0. The van der Waals surface area contributed by atoms with Gasteiger partial charge in [-0.25, -0.2) is 5.43 Å². The lowest BCUT2D eigenvalue weighted by Gasteiger charge is -2.34. The van der Waals surface area contributed by atoms with E-state index in [1.165, 1.54) is 6.07 Å². The molecule has 0 spiro atoms. The number of hydrazone groups is 1. The van der Waals surface area contributed by atoms with Gasteiger partial charge < -0.3 is 9.84 Å². The minimum absolute atomic E-state index is 0.0372. The quantitative estimate of drug-likeness (QED) is 0.640. The summed E-state index contributed by atoms with van der Waals surface area (Å²) < 4.78 is 5.46. The molecule has 136 valence electrons. The number of hydrogen-bond donors (Lipinski definition) is 2. The van der Waals surface area contributed by atoms with Crippen molar-refractivity contribution < 1.29 is 14.6 Å². The second-order valence-electron chi connectivity index (χ2n) is 6.17. The van der Waals surface area contributed by atoms with Gasteiger partial charge in [-0.15, -0.1) is 0 Å². The standard InChI is InChI=1S/C20H23N3O3/c1-15(21-22-20(25)17-9-5-6-10-18(17)24)19(16-7-3-2-4-8-16)23-11-13-26-14-12-23/h2-10,19,24H,11-14H2,1H3,(H,22,25)/b21-15-/t19-/m1/s1. The van der Waals surface area contributed by atoms with Crippen LogP contribution in [0, 0.1) is 0 Å². The number of morpholine rings is 1. The van der Waals surface area contributed by atoms with Crippen molar-refractivity contribution in [1.82, 2.24) is 10.3 Å². The van der Waals surface area contributed by atoms with Crippen LogP contribution in [0.1, 0.15) is 28.9 Å². The summed E-state index contributed by atoms with van der Waals surface area (Å²) >= 11 is 0. The number of rotatable bonds is 5. The first-order valence-corrected chi connectivity index (χ1v) is 8.66. The second kappa shape index (κ2) is 8.60. The van der Waals surface area contributed by atoms with Crippen LogP contribution in [-0.4, -0.2) is 47.9 Å². The molecule has 6 heteroatoms. The first-order valence-electron chi connectivity index (χ1n) is 8.66. The van der Waals surface area contributed by atoms with Crippen LogP contribution in [0.15, 0.2) is 59.7 Å². The normalized spacial score (nSPS) is 16.9. The number of amides is 1. The topological polar surface area (TPSA) is 74.2 Å². The van der Waals surface area contributed by atoms with Crippen LogP contribution in [0.4, 0.5) is 0 Å². The third kappa shape index (κ3) is 4.28. The number of para-hydroxylation sites is 1.